The molecular formula is C11H15N3O4. The molecule has 0 atom stereocenters. The van der Waals surface area contributed by atoms with Crippen LogP contribution < -0.4 is 15.2 Å². The van der Waals surface area contributed by atoms with Crippen LogP contribution in [0.1, 0.15) is 5.56 Å². The maximum atomic E-state index is 11.6. The van der Waals surface area contributed by atoms with Gasteiger partial charge in [0.05, 0.1) is 19.7 Å². The molecular weight excluding hydrogens is 238 g/mol. The molecule has 2 amide bonds. The molecule has 0 unspecified atom stereocenters. The van der Waals surface area contributed by atoms with Crippen molar-refractivity contribution < 1.29 is 19.1 Å². The van der Waals surface area contributed by atoms with Gasteiger partial charge in [0, 0.05) is 19.7 Å². The number of hydrogen-bond donors (Lipinski definition) is 1. The first-order valence-electron chi connectivity index (χ1n) is 5.14. The van der Waals surface area contributed by atoms with Crippen molar-refractivity contribution in [3.05, 3.63) is 17.8 Å². The van der Waals surface area contributed by atoms with E-state index in [9.17, 15) is 9.59 Å². The number of nitrogens with zero attached hydrogens (tertiary/aromatic N) is 2. The highest BCUT2D eigenvalue weighted by atomic mass is 16.5. The fourth-order valence-corrected chi connectivity index (χ4v) is 1.28. The number of primary amides is 1. The standard InChI is InChI=1S/C11H15N3O4/c1-14(2)9(15)5-7-4-8(18-11(12)16)6-13-10(7)17-3/h4,6H,5H2,1-3H3,(H2,12,16). The number of aromatic nitrogens is 1. The minimum absolute atomic E-state index is 0.0964. The Balaban J connectivity index is 2.98. The van der Waals surface area contributed by atoms with Gasteiger partial charge in [-0.1, -0.05) is 0 Å². The van der Waals surface area contributed by atoms with Gasteiger partial charge in [0.2, 0.25) is 11.8 Å². The summed E-state index contributed by atoms with van der Waals surface area (Å²) in [5.74, 6) is 0.359. The van der Waals surface area contributed by atoms with E-state index in [0.29, 0.717) is 11.4 Å². The highest BCUT2D eigenvalue weighted by molar-refractivity contribution is 5.79. The van der Waals surface area contributed by atoms with E-state index in [4.69, 9.17) is 15.2 Å². The number of likely N-dealkylation sites (N-methyl/N-ethyl adjacent to an activating group) is 1. The van der Waals surface area contributed by atoms with Crippen LogP contribution in [0.2, 0.25) is 0 Å². The molecule has 1 aromatic rings. The molecule has 0 radical (unpaired) electrons. The predicted molar refractivity (Wildman–Crippen MR) is 63.4 cm³/mol. The summed E-state index contributed by atoms with van der Waals surface area (Å²) in [6, 6.07) is 1.50. The van der Waals surface area contributed by atoms with Crippen molar-refractivity contribution in [3.8, 4) is 11.6 Å². The molecule has 1 heterocycles. The summed E-state index contributed by atoms with van der Waals surface area (Å²) in [5, 5.41) is 0. The number of rotatable bonds is 4. The Hall–Kier alpha value is -2.31. The highest BCUT2D eigenvalue weighted by Gasteiger charge is 2.13. The van der Waals surface area contributed by atoms with Crippen molar-refractivity contribution in [1.29, 1.82) is 0 Å². The van der Waals surface area contributed by atoms with Gasteiger partial charge in [0.25, 0.3) is 0 Å². The summed E-state index contributed by atoms with van der Waals surface area (Å²) in [6.45, 7) is 0. The molecule has 0 saturated heterocycles. The zero-order valence-electron chi connectivity index (χ0n) is 10.5. The quantitative estimate of drug-likeness (QED) is 0.825. The molecule has 1 rings (SSSR count). The first-order chi connectivity index (χ1) is 8.43. The van der Waals surface area contributed by atoms with Gasteiger partial charge in [-0.05, 0) is 6.07 Å². The van der Waals surface area contributed by atoms with Crippen LogP contribution in [-0.2, 0) is 11.2 Å². The largest absolute Gasteiger partial charge is 0.481 e. The first-order valence-corrected chi connectivity index (χ1v) is 5.14. The van der Waals surface area contributed by atoms with Crippen molar-refractivity contribution in [2.45, 2.75) is 6.42 Å². The Morgan fingerprint density at radius 2 is 2.11 bits per heavy atom. The summed E-state index contributed by atoms with van der Waals surface area (Å²) < 4.78 is 9.72. The third-order valence-electron chi connectivity index (χ3n) is 2.15. The van der Waals surface area contributed by atoms with E-state index in [-0.39, 0.29) is 18.1 Å². The van der Waals surface area contributed by atoms with Crippen LogP contribution in [0, 0.1) is 0 Å². The second-order valence-electron chi connectivity index (χ2n) is 3.73. The van der Waals surface area contributed by atoms with Gasteiger partial charge in [-0.15, -0.1) is 0 Å². The van der Waals surface area contributed by atoms with E-state index in [1.165, 1.54) is 24.3 Å². The highest BCUT2D eigenvalue weighted by Crippen LogP contribution is 2.21. The molecule has 0 aromatic carbocycles. The van der Waals surface area contributed by atoms with Crippen molar-refractivity contribution in [2.24, 2.45) is 5.73 Å². The lowest BCUT2D eigenvalue weighted by molar-refractivity contribution is -0.127. The fraction of sp³-hybridized carbons (Fsp3) is 0.364. The van der Waals surface area contributed by atoms with Crippen molar-refractivity contribution >= 4 is 12.0 Å². The van der Waals surface area contributed by atoms with Gasteiger partial charge in [-0.25, -0.2) is 9.78 Å². The normalized spacial score (nSPS) is 9.72. The molecule has 0 bridgehead atoms. The number of hydrogen-bond acceptors (Lipinski definition) is 5. The van der Waals surface area contributed by atoms with Gasteiger partial charge in [0.15, 0.2) is 5.75 Å². The third-order valence-corrected chi connectivity index (χ3v) is 2.15. The van der Waals surface area contributed by atoms with Crippen LogP contribution in [0.15, 0.2) is 12.3 Å². The smallest absolute Gasteiger partial charge is 0.410 e. The molecule has 1 aromatic heterocycles. The van der Waals surface area contributed by atoms with Gasteiger partial charge >= 0.3 is 6.09 Å². The number of carbonyl (C=O) groups excluding carboxylic acids is 2. The Labute approximate surface area is 104 Å². The second kappa shape index (κ2) is 5.85. The Kier molecular flexibility index (Phi) is 4.47. The molecule has 0 saturated carbocycles. The molecule has 2 N–H and O–H groups in total. The fourth-order valence-electron chi connectivity index (χ4n) is 1.28. The van der Waals surface area contributed by atoms with E-state index in [1.807, 2.05) is 0 Å². The topological polar surface area (TPSA) is 94.7 Å². The van der Waals surface area contributed by atoms with Gasteiger partial charge in [-0.3, -0.25) is 4.79 Å². The van der Waals surface area contributed by atoms with Gasteiger partial charge < -0.3 is 20.1 Å². The van der Waals surface area contributed by atoms with E-state index in [0.717, 1.165) is 0 Å². The number of amides is 2. The maximum Gasteiger partial charge on any atom is 0.410 e. The number of pyridine rings is 1. The maximum absolute atomic E-state index is 11.6. The van der Waals surface area contributed by atoms with Crippen LogP contribution in [0.4, 0.5) is 4.79 Å². The van der Waals surface area contributed by atoms with Crippen molar-refractivity contribution in [1.82, 2.24) is 9.88 Å². The van der Waals surface area contributed by atoms with Crippen LogP contribution in [0.25, 0.3) is 0 Å². The average Bonchev–Trinajstić information content (AvgIpc) is 2.28. The Morgan fingerprint density at radius 3 is 2.61 bits per heavy atom. The summed E-state index contributed by atoms with van der Waals surface area (Å²) in [7, 11) is 4.73. The number of methoxy groups -OCH3 is 1. The Morgan fingerprint density at radius 1 is 1.44 bits per heavy atom. The number of ether oxygens (including phenoxy) is 2. The molecule has 0 aliphatic heterocycles. The second-order valence-corrected chi connectivity index (χ2v) is 3.73. The van der Waals surface area contributed by atoms with Crippen LogP contribution in [0.3, 0.4) is 0 Å². The summed E-state index contributed by atoms with van der Waals surface area (Å²) >= 11 is 0. The first kappa shape index (κ1) is 13.8. The van der Waals surface area contributed by atoms with Crippen LogP contribution in [0.5, 0.6) is 11.6 Å². The molecule has 0 aliphatic rings. The lowest BCUT2D eigenvalue weighted by atomic mass is 10.2. The van der Waals surface area contributed by atoms with E-state index < -0.39 is 6.09 Å². The SMILES string of the molecule is COc1ncc(OC(N)=O)cc1CC(=O)N(C)C. The number of nitrogens with two attached hydrogens (primary N) is 1. The lowest BCUT2D eigenvalue weighted by Gasteiger charge is -2.12. The molecule has 0 aliphatic carbocycles. The van der Waals surface area contributed by atoms with E-state index >= 15 is 0 Å². The molecule has 0 spiro atoms. The zero-order chi connectivity index (χ0) is 13.7. The van der Waals surface area contributed by atoms with Crippen LogP contribution in [-0.4, -0.2) is 43.1 Å². The minimum Gasteiger partial charge on any atom is -0.481 e. The van der Waals surface area contributed by atoms with E-state index in [1.54, 1.807) is 14.1 Å². The number of carbonyl (C=O) groups is 2. The zero-order valence-corrected chi connectivity index (χ0v) is 10.5. The molecule has 98 valence electrons. The molecule has 7 heteroatoms. The minimum atomic E-state index is -0.938. The lowest BCUT2D eigenvalue weighted by Crippen LogP contribution is -2.24. The van der Waals surface area contributed by atoms with Crippen molar-refractivity contribution in [3.63, 3.8) is 0 Å². The molecule has 18 heavy (non-hydrogen) atoms. The molecule has 0 fully saturated rings. The molecule has 7 nitrogen and oxygen atoms in total. The monoisotopic (exact) mass is 253 g/mol. The Bertz CT molecular complexity index is 460. The van der Waals surface area contributed by atoms with Crippen LogP contribution >= 0.6 is 0 Å². The summed E-state index contributed by atoms with van der Waals surface area (Å²) in [5.41, 5.74) is 5.42. The average molecular weight is 253 g/mol. The predicted octanol–water partition coefficient (Wildman–Crippen LogP) is 0.178. The van der Waals surface area contributed by atoms with E-state index in [2.05, 4.69) is 4.98 Å². The van der Waals surface area contributed by atoms with Crippen molar-refractivity contribution in [2.75, 3.05) is 21.2 Å². The summed E-state index contributed by atoms with van der Waals surface area (Å²) in [6.07, 6.45) is 0.457. The third kappa shape index (κ3) is 3.62. The van der Waals surface area contributed by atoms with Gasteiger partial charge in [-0.2, -0.15) is 0 Å². The summed E-state index contributed by atoms with van der Waals surface area (Å²) in [4.78, 5) is 27.6. The van der Waals surface area contributed by atoms with Gasteiger partial charge in [0.1, 0.15) is 0 Å².